The van der Waals surface area contributed by atoms with Crippen molar-refractivity contribution in [3.8, 4) is 5.75 Å². The minimum Gasteiger partial charge on any atom is -0.464 e. The van der Waals surface area contributed by atoms with Crippen LogP contribution in [0.5, 0.6) is 5.75 Å². The second-order valence-corrected chi connectivity index (χ2v) is 7.49. The van der Waals surface area contributed by atoms with Crippen LogP contribution in [0.2, 0.25) is 5.02 Å². The monoisotopic (exact) mass is 409 g/mol. The normalized spacial score (nSPS) is 19.9. The first-order valence-electron chi connectivity index (χ1n) is 9.13. The molecule has 2 atom stereocenters. The Balaban J connectivity index is 1.58. The van der Waals surface area contributed by atoms with Crippen LogP contribution >= 0.6 is 11.6 Å². The van der Waals surface area contributed by atoms with Crippen molar-refractivity contribution in [2.24, 2.45) is 5.10 Å². The van der Waals surface area contributed by atoms with Crippen molar-refractivity contribution in [2.45, 2.75) is 25.6 Å². The number of hydrogen-bond acceptors (Lipinski definition) is 6. The van der Waals surface area contributed by atoms with Gasteiger partial charge in [0.2, 0.25) is 6.23 Å². The first-order valence-corrected chi connectivity index (χ1v) is 9.50. The molecule has 2 aromatic carbocycles. The van der Waals surface area contributed by atoms with Crippen molar-refractivity contribution in [3.63, 3.8) is 0 Å². The van der Waals surface area contributed by atoms with Gasteiger partial charge in [-0.2, -0.15) is 5.10 Å². The van der Waals surface area contributed by atoms with Crippen molar-refractivity contribution in [1.82, 2.24) is 5.01 Å². The second-order valence-electron chi connectivity index (χ2n) is 7.06. The van der Waals surface area contributed by atoms with Gasteiger partial charge in [-0.05, 0) is 49.4 Å². The van der Waals surface area contributed by atoms with E-state index in [0.717, 1.165) is 34.1 Å². The van der Waals surface area contributed by atoms with Crippen LogP contribution in [0.1, 0.15) is 41.3 Å². The Bertz CT molecular complexity index is 1140. The molecular formula is C21H16ClN3O4. The molecule has 0 amide bonds. The summed E-state index contributed by atoms with van der Waals surface area (Å²) in [6, 6.07) is 15.6. The summed E-state index contributed by atoms with van der Waals surface area (Å²) >= 11 is 6.23. The number of halogens is 1. The molecule has 29 heavy (non-hydrogen) atoms. The third kappa shape index (κ3) is 3.03. The molecule has 0 radical (unpaired) electrons. The molecule has 7 nitrogen and oxygen atoms in total. The zero-order valence-corrected chi connectivity index (χ0v) is 16.2. The highest BCUT2D eigenvalue weighted by atomic mass is 35.5. The number of hydrazone groups is 1. The predicted octanol–water partition coefficient (Wildman–Crippen LogP) is 5.39. The van der Waals surface area contributed by atoms with Crippen molar-refractivity contribution in [3.05, 3.63) is 92.4 Å². The Morgan fingerprint density at radius 1 is 1.17 bits per heavy atom. The summed E-state index contributed by atoms with van der Waals surface area (Å²) in [4.78, 5) is 10.6. The van der Waals surface area contributed by atoms with Gasteiger partial charge in [0.25, 0.3) is 5.69 Å². The maximum atomic E-state index is 11.0. The number of nitro benzene ring substituents is 1. The van der Waals surface area contributed by atoms with Crippen LogP contribution in [-0.2, 0) is 0 Å². The molecule has 3 aromatic rings. The molecule has 0 fully saturated rings. The molecule has 2 unspecified atom stereocenters. The van der Waals surface area contributed by atoms with Crippen LogP contribution < -0.4 is 4.74 Å². The molecule has 1 aromatic heterocycles. The summed E-state index contributed by atoms with van der Waals surface area (Å²) in [6.45, 7) is 1.89. The number of non-ortho nitro benzene ring substituents is 1. The molecule has 0 spiro atoms. The lowest BCUT2D eigenvalue weighted by molar-refractivity contribution is -0.384. The first-order chi connectivity index (χ1) is 14.0. The highest BCUT2D eigenvalue weighted by Crippen LogP contribution is 2.48. The lowest BCUT2D eigenvalue weighted by Crippen LogP contribution is -2.33. The third-order valence-electron chi connectivity index (χ3n) is 5.17. The highest BCUT2D eigenvalue weighted by Gasteiger charge is 2.41. The average Bonchev–Trinajstić information content (AvgIpc) is 3.34. The lowest BCUT2D eigenvalue weighted by atomic mass is 9.97. The summed E-state index contributed by atoms with van der Waals surface area (Å²) in [5, 5.41) is 18.3. The van der Waals surface area contributed by atoms with Crippen LogP contribution in [0.25, 0.3) is 0 Å². The van der Waals surface area contributed by atoms with Gasteiger partial charge in [-0.25, -0.2) is 5.01 Å². The zero-order valence-electron chi connectivity index (χ0n) is 15.4. The van der Waals surface area contributed by atoms with E-state index in [2.05, 4.69) is 0 Å². The fourth-order valence-electron chi connectivity index (χ4n) is 3.78. The SMILES string of the molecule is Cc1ccc(C2=NN3C(C2)c2cc(Cl)ccc2OC3c2ccc([N+](=O)[O-])cc2)o1. The minimum atomic E-state index is -0.511. The summed E-state index contributed by atoms with van der Waals surface area (Å²) in [7, 11) is 0. The molecule has 3 heterocycles. The van der Waals surface area contributed by atoms with Gasteiger partial charge in [0, 0.05) is 34.7 Å². The number of nitro groups is 1. The molecule has 0 saturated carbocycles. The van der Waals surface area contributed by atoms with E-state index in [4.69, 9.17) is 25.9 Å². The molecule has 0 saturated heterocycles. The number of fused-ring (bicyclic) bond motifs is 3. The van der Waals surface area contributed by atoms with Crippen molar-refractivity contribution < 1.29 is 14.1 Å². The maximum Gasteiger partial charge on any atom is 0.269 e. The van der Waals surface area contributed by atoms with E-state index in [1.807, 2.05) is 36.2 Å². The Labute approximate surface area is 171 Å². The Hall–Kier alpha value is -3.32. The fraction of sp³-hybridized carbons (Fsp3) is 0.190. The van der Waals surface area contributed by atoms with Crippen molar-refractivity contribution in [2.75, 3.05) is 0 Å². The number of furan rings is 1. The Morgan fingerprint density at radius 3 is 2.66 bits per heavy atom. The summed E-state index contributed by atoms with van der Waals surface area (Å²) in [5.74, 6) is 2.27. The summed E-state index contributed by atoms with van der Waals surface area (Å²) in [6.07, 6.45) is 0.135. The smallest absolute Gasteiger partial charge is 0.269 e. The fourth-order valence-corrected chi connectivity index (χ4v) is 3.96. The maximum absolute atomic E-state index is 11.0. The van der Waals surface area contributed by atoms with Gasteiger partial charge in [-0.3, -0.25) is 10.1 Å². The van der Waals surface area contributed by atoms with Gasteiger partial charge in [0.15, 0.2) is 0 Å². The predicted molar refractivity (Wildman–Crippen MR) is 107 cm³/mol. The van der Waals surface area contributed by atoms with E-state index in [1.165, 1.54) is 12.1 Å². The van der Waals surface area contributed by atoms with Gasteiger partial charge in [-0.1, -0.05) is 11.6 Å². The number of rotatable bonds is 3. The van der Waals surface area contributed by atoms with Gasteiger partial charge in [-0.15, -0.1) is 0 Å². The van der Waals surface area contributed by atoms with E-state index < -0.39 is 11.2 Å². The van der Waals surface area contributed by atoms with Crippen LogP contribution in [0.4, 0.5) is 5.69 Å². The van der Waals surface area contributed by atoms with Crippen molar-refractivity contribution >= 4 is 23.0 Å². The molecule has 8 heteroatoms. The third-order valence-corrected chi connectivity index (χ3v) is 5.40. The van der Waals surface area contributed by atoms with Crippen LogP contribution in [0, 0.1) is 17.0 Å². The summed E-state index contributed by atoms with van der Waals surface area (Å²) in [5.41, 5.74) is 2.59. The van der Waals surface area contributed by atoms with E-state index in [9.17, 15) is 10.1 Å². The van der Waals surface area contributed by atoms with Crippen LogP contribution in [0.15, 0.2) is 64.1 Å². The molecule has 5 rings (SSSR count). The number of ether oxygens (including phenoxy) is 1. The molecule has 2 aliphatic rings. The van der Waals surface area contributed by atoms with Gasteiger partial charge in [0.05, 0.1) is 11.0 Å². The molecule has 146 valence electrons. The highest BCUT2D eigenvalue weighted by molar-refractivity contribution is 6.30. The van der Waals surface area contributed by atoms with E-state index in [0.29, 0.717) is 11.4 Å². The largest absolute Gasteiger partial charge is 0.464 e. The summed E-state index contributed by atoms with van der Waals surface area (Å²) < 4.78 is 12.0. The molecule has 0 N–H and O–H groups in total. The molecule has 0 aliphatic carbocycles. The molecule has 0 bridgehead atoms. The van der Waals surface area contributed by atoms with E-state index in [-0.39, 0.29) is 11.7 Å². The van der Waals surface area contributed by atoms with E-state index >= 15 is 0 Å². The topological polar surface area (TPSA) is 81.1 Å². The number of nitrogens with zero attached hydrogens (tertiary/aromatic N) is 3. The average molecular weight is 410 g/mol. The van der Waals surface area contributed by atoms with Crippen LogP contribution in [0.3, 0.4) is 0 Å². The van der Waals surface area contributed by atoms with Gasteiger partial charge < -0.3 is 9.15 Å². The van der Waals surface area contributed by atoms with Crippen LogP contribution in [-0.4, -0.2) is 15.6 Å². The second kappa shape index (κ2) is 6.63. The minimum absolute atomic E-state index is 0.0324. The lowest BCUT2D eigenvalue weighted by Gasteiger charge is -2.38. The number of hydrogen-bond donors (Lipinski definition) is 0. The Kier molecular flexibility index (Phi) is 4.06. The first kappa shape index (κ1) is 17.8. The zero-order chi connectivity index (χ0) is 20.1. The van der Waals surface area contributed by atoms with Gasteiger partial charge >= 0.3 is 0 Å². The Morgan fingerprint density at radius 2 is 1.97 bits per heavy atom. The van der Waals surface area contributed by atoms with Gasteiger partial charge in [0.1, 0.15) is 23.0 Å². The molecule has 2 aliphatic heterocycles. The van der Waals surface area contributed by atoms with Crippen molar-refractivity contribution in [1.29, 1.82) is 0 Å². The van der Waals surface area contributed by atoms with E-state index in [1.54, 1.807) is 18.2 Å². The molecular weight excluding hydrogens is 394 g/mol. The quantitative estimate of drug-likeness (QED) is 0.427. The standard InChI is InChI=1S/C21H16ClN3O4/c1-12-2-8-20(28-12)17-11-18-16-10-14(22)5-9-19(16)29-21(24(18)23-17)13-3-6-15(7-4-13)25(26)27/h2-10,18,21H,11H2,1H3. The number of aryl methyl sites for hydroxylation is 1. The number of benzene rings is 2.